The molecule has 7 heteroatoms. The van der Waals surface area contributed by atoms with Crippen molar-refractivity contribution in [2.24, 2.45) is 0 Å². The Morgan fingerprint density at radius 2 is 1.59 bits per heavy atom. The summed E-state index contributed by atoms with van der Waals surface area (Å²) in [6, 6.07) is 20.4. The number of rotatable bonds is 6. The molecule has 3 aromatic rings. The van der Waals surface area contributed by atoms with Gasteiger partial charge in [0.1, 0.15) is 24.1 Å². The number of nitrogens with zero attached hydrogens (tertiary/aromatic N) is 1. The quantitative estimate of drug-likeness (QED) is 0.528. The van der Waals surface area contributed by atoms with Crippen LogP contribution in [-0.2, 0) is 20.7 Å². The van der Waals surface area contributed by atoms with Gasteiger partial charge in [-0.25, -0.2) is 14.6 Å². The molecule has 7 nitrogen and oxygen atoms in total. The van der Waals surface area contributed by atoms with Gasteiger partial charge in [-0.1, -0.05) is 54.6 Å². The lowest BCUT2D eigenvalue weighted by Gasteiger charge is -2.24. The smallest absolute Gasteiger partial charge is 0.407 e. The summed E-state index contributed by atoms with van der Waals surface area (Å²) >= 11 is 0. The van der Waals surface area contributed by atoms with E-state index >= 15 is 0 Å². The third kappa shape index (κ3) is 5.36. The van der Waals surface area contributed by atoms with Crippen LogP contribution in [0.2, 0.25) is 0 Å². The third-order valence-corrected chi connectivity index (χ3v) is 5.57. The van der Waals surface area contributed by atoms with Crippen molar-refractivity contribution in [3.05, 3.63) is 83.6 Å². The lowest BCUT2D eigenvalue weighted by atomic mass is 9.98. The highest BCUT2D eigenvalue weighted by Crippen LogP contribution is 2.44. The van der Waals surface area contributed by atoms with Crippen LogP contribution < -0.4 is 11.1 Å². The summed E-state index contributed by atoms with van der Waals surface area (Å²) < 4.78 is 11.1. The van der Waals surface area contributed by atoms with E-state index in [1.807, 2.05) is 24.3 Å². The first-order chi connectivity index (χ1) is 16.2. The Bertz CT molecular complexity index is 1160. The largest absolute Gasteiger partial charge is 0.458 e. The monoisotopic (exact) mass is 459 g/mol. The molecule has 2 aromatic carbocycles. The Hall–Kier alpha value is -3.87. The number of nitrogen functional groups attached to an aromatic ring is 1. The number of carbonyl (C=O) groups is 2. The van der Waals surface area contributed by atoms with Crippen molar-refractivity contribution >= 4 is 17.9 Å². The van der Waals surface area contributed by atoms with Crippen molar-refractivity contribution < 1.29 is 19.1 Å². The Kier molecular flexibility index (Phi) is 6.54. The van der Waals surface area contributed by atoms with Gasteiger partial charge in [-0.05, 0) is 55.2 Å². The summed E-state index contributed by atoms with van der Waals surface area (Å²) in [4.78, 5) is 29.8. The second kappa shape index (κ2) is 9.55. The first kappa shape index (κ1) is 23.3. The number of nitrogens with one attached hydrogen (secondary N) is 1. The molecule has 1 heterocycles. The van der Waals surface area contributed by atoms with Gasteiger partial charge >= 0.3 is 12.1 Å². The van der Waals surface area contributed by atoms with Crippen LogP contribution in [0.25, 0.3) is 11.1 Å². The summed E-state index contributed by atoms with van der Waals surface area (Å²) in [5.74, 6) is -0.305. The van der Waals surface area contributed by atoms with Crippen LogP contribution in [-0.4, -0.2) is 35.3 Å². The fourth-order valence-corrected chi connectivity index (χ4v) is 4.17. The normalized spacial score (nSPS) is 13.5. The fourth-order valence-electron chi connectivity index (χ4n) is 4.17. The number of hydrogen-bond acceptors (Lipinski definition) is 6. The van der Waals surface area contributed by atoms with Crippen molar-refractivity contribution in [3.8, 4) is 11.1 Å². The van der Waals surface area contributed by atoms with Gasteiger partial charge < -0.3 is 20.5 Å². The van der Waals surface area contributed by atoms with Crippen LogP contribution in [0.3, 0.4) is 0 Å². The molecule has 1 aliphatic carbocycles. The Morgan fingerprint density at radius 1 is 0.971 bits per heavy atom. The van der Waals surface area contributed by atoms with Gasteiger partial charge in [0.15, 0.2) is 0 Å². The van der Waals surface area contributed by atoms with E-state index in [0.717, 1.165) is 22.3 Å². The van der Waals surface area contributed by atoms with E-state index in [1.54, 1.807) is 39.0 Å². The van der Waals surface area contributed by atoms with E-state index in [2.05, 4.69) is 34.6 Å². The molecule has 0 radical (unpaired) electrons. The van der Waals surface area contributed by atoms with Crippen LogP contribution in [0.15, 0.2) is 66.7 Å². The fraction of sp³-hybridized carbons (Fsp3) is 0.296. The standard InChI is InChI=1S/C27H29N3O4/c1-27(2,3)34-25(31)23(15-17-9-8-14-24(28)29-17)30-26(32)33-16-22-20-12-6-4-10-18(20)19-11-5-7-13-21(19)22/h4-14,22-23H,15-16H2,1-3H3,(H2,28,29)(H,30,32)/t23-/m0/s1. The molecule has 1 amide bonds. The van der Waals surface area contributed by atoms with E-state index in [0.29, 0.717) is 11.5 Å². The summed E-state index contributed by atoms with van der Waals surface area (Å²) in [5.41, 5.74) is 10.1. The second-order valence-electron chi connectivity index (χ2n) is 9.31. The number of anilines is 1. The van der Waals surface area contributed by atoms with Gasteiger partial charge in [0.2, 0.25) is 0 Å². The number of nitrogens with two attached hydrogens (primary N) is 1. The number of hydrogen-bond donors (Lipinski definition) is 2. The zero-order chi connectivity index (χ0) is 24.3. The van der Waals surface area contributed by atoms with Crippen molar-refractivity contribution in [1.29, 1.82) is 0 Å². The number of alkyl carbamates (subject to hydrolysis) is 1. The highest BCUT2D eigenvalue weighted by Gasteiger charge is 2.31. The number of ether oxygens (including phenoxy) is 2. The number of fused-ring (bicyclic) bond motifs is 3. The molecule has 0 bridgehead atoms. The predicted molar refractivity (Wildman–Crippen MR) is 130 cm³/mol. The first-order valence-electron chi connectivity index (χ1n) is 11.3. The minimum absolute atomic E-state index is 0.0753. The van der Waals surface area contributed by atoms with Crippen molar-refractivity contribution in [3.63, 3.8) is 0 Å². The van der Waals surface area contributed by atoms with Crippen LogP contribution in [0.5, 0.6) is 0 Å². The molecule has 3 N–H and O–H groups in total. The summed E-state index contributed by atoms with van der Waals surface area (Å²) in [5, 5.41) is 2.66. The Morgan fingerprint density at radius 3 is 2.18 bits per heavy atom. The van der Waals surface area contributed by atoms with Gasteiger partial charge in [-0.2, -0.15) is 0 Å². The summed E-state index contributed by atoms with van der Waals surface area (Å²) in [6.07, 6.45) is -0.564. The van der Waals surface area contributed by atoms with Crippen LogP contribution in [0.1, 0.15) is 43.5 Å². The van der Waals surface area contributed by atoms with Crippen LogP contribution in [0, 0.1) is 0 Å². The molecule has 1 atom stereocenters. The van der Waals surface area contributed by atoms with Gasteiger partial charge in [-0.15, -0.1) is 0 Å². The lowest BCUT2D eigenvalue weighted by molar-refractivity contribution is -0.157. The molecule has 0 aliphatic heterocycles. The zero-order valence-electron chi connectivity index (χ0n) is 19.6. The number of esters is 1. The van der Waals surface area contributed by atoms with Gasteiger partial charge in [-0.3, -0.25) is 0 Å². The molecule has 34 heavy (non-hydrogen) atoms. The van der Waals surface area contributed by atoms with Crippen molar-refractivity contribution in [2.45, 2.75) is 44.8 Å². The molecule has 1 aliphatic rings. The number of carbonyl (C=O) groups excluding carboxylic acids is 2. The Labute approximate surface area is 199 Å². The SMILES string of the molecule is CC(C)(C)OC(=O)[C@H](Cc1cccc(N)n1)NC(=O)OCC1c2ccccc2-c2ccccc21. The molecule has 4 rings (SSSR count). The van der Waals surface area contributed by atoms with Gasteiger partial charge in [0.05, 0.1) is 0 Å². The highest BCUT2D eigenvalue weighted by atomic mass is 16.6. The molecule has 0 saturated carbocycles. The second-order valence-corrected chi connectivity index (χ2v) is 9.31. The zero-order valence-corrected chi connectivity index (χ0v) is 19.6. The topological polar surface area (TPSA) is 104 Å². The molecule has 1 aromatic heterocycles. The average molecular weight is 460 g/mol. The minimum atomic E-state index is -0.968. The van der Waals surface area contributed by atoms with Crippen molar-refractivity contribution in [1.82, 2.24) is 10.3 Å². The number of benzene rings is 2. The first-order valence-corrected chi connectivity index (χ1v) is 11.3. The van der Waals surface area contributed by atoms with Crippen molar-refractivity contribution in [2.75, 3.05) is 12.3 Å². The third-order valence-electron chi connectivity index (χ3n) is 5.57. The van der Waals surface area contributed by atoms with E-state index < -0.39 is 23.7 Å². The molecular formula is C27H29N3O4. The van der Waals surface area contributed by atoms with Gasteiger partial charge in [0.25, 0.3) is 0 Å². The molecule has 0 spiro atoms. The Balaban J connectivity index is 1.47. The molecule has 0 fully saturated rings. The number of aromatic nitrogens is 1. The number of amides is 1. The summed E-state index contributed by atoms with van der Waals surface area (Å²) in [6.45, 7) is 5.47. The van der Waals surface area contributed by atoms with E-state index in [1.165, 1.54) is 0 Å². The van der Waals surface area contributed by atoms with E-state index in [9.17, 15) is 9.59 Å². The molecule has 0 unspecified atom stereocenters. The predicted octanol–water partition coefficient (Wildman–Crippen LogP) is 4.46. The highest BCUT2D eigenvalue weighted by molar-refractivity contribution is 5.82. The average Bonchev–Trinajstić information content (AvgIpc) is 3.10. The molecule has 0 saturated heterocycles. The summed E-state index contributed by atoms with van der Waals surface area (Å²) in [7, 11) is 0. The van der Waals surface area contributed by atoms with Crippen LogP contribution >= 0.6 is 0 Å². The minimum Gasteiger partial charge on any atom is -0.458 e. The van der Waals surface area contributed by atoms with Crippen LogP contribution in [0.4, 0.5) is 10.6 Å². The lowest BCUT2D eigenvalue weighted by Crippen LogP contribution is -2.46. The maximum absolute atomic E-state index is 12.8. The van der Waals surface area contributed by atoms with E-state index in [-0.39, 0.29) is 18.9 Å². The number of pyridine rings is 1. The molecule has 176 valence electrons. The maximum Gasteiger partial charge on any atom is 0.407 e. The maximum atomic E-state index is 12.8. The molecular weight excluding hydrogens is 430 g/mol. The van der Waals surface area contributed by atoms with E-state index in [4.69, 9.17) is 15.2 Å². The van der Waals surface area contributed by atoms with Gasteiger partial charge in [0, 0.05) is 18.0 Å².